The van der Waals surface area contributed by atoms with Gasteiger partial charge in [-0.2, -0.15) is 0 Å². The van der Waals surface area contributed by atoms with Gasteiger partial charge in [0.25, 0.3) is 0 Å². The third kappa shape index (κ3) is 6.17. The Kier molecular flexibility index (Phi) is 7.66. The van der Waals surface area contributed by atoms with E-state index in [0.29, 0.717) is 24.4 Å². The summed E-state index contributed by atoms with van der Waals surface area (Å²) in [6.07, 6.45) is 1.07. The zero-order valence-electron chi connectivity index (χ0n) is 13.9. The second kappa shape index (κ2) is 9.24. The molecule has 0 fully saturated rings. The predicted octanol–water partition coefficient (Wildman–Crippen LogP) is 0.392. The van der Waals surface area contributed by atoms with Crippen molar-refractivity contribution in [1.82, 2.24) is 5.32 Å². The van der Waals surface area contributed by atoms with E-state index in [1.807, 2.05) is 0 Å². The zero-order chi connectivity index (χ0) is 18.2. The van der Waals surface area contributed by atoms with E-state index in [9.17, 15) is 18.0 Å². The van der Waals surface area contributed by atoms with E-state index in [1.54, 1.807) is 0 Å². The molecule has 0 aliphatic heterocycles. The topological polar surface area (TPSA) is 102 Å². The molecule has 0 heterocycles. The van der Waals surface area contributed by atoms with Crippen molar-refractivity contribution in [3.8, 4) is 0 Å². The number of nitrogens with zero attached hydrogens (tertiary/aromatic N) is 1. The summed E-state index contributed by atoms with van der Waals surface area (Å²) in [5.74, 6) is -0.781. The Hall–Kier alpha value is -2.13. The fraction of sp³-hybridized carbons (Fsp3) is 0.467. The highest BCUT2D eigenvalue weighted by Gasteiger charge is 2.19. The van der Waals surface area contributed by atoms with Crippen molar-refractivity contribution in [1.29, 1.82) is 0 Å². The van der Waals surface area contributed by atoms with E-state index in [4.69, 9.17) is 4.74 Å². The average molecular weight is 358 g/mol. The lowest BCUT2D eigenvalue weighted by Crippen LogP contribution is -2.35. The van der Waals surface area contributed by atoms with Gasteiger partial charge in [-0.1, -0.05) is 0 Å². The highest BCUT2D eigenvalue weighted by molar-refractivity contribution is 7.92. The van der Waals surface area contributed by atoms with Gasteiger partial charge in [0.2, 0.25) is 15.9 Å². The molecular formula is C15H22N2O6S. The van der Waals surface area contributed by atoms with Gasteiger partial charge in [-0.25, -0.2) is 13.2 Å². The minimum atomic E-state index is -3.56. The van der Waals surface area contributed by atoms with Crippen molar-refractivity contribution in [3.63, 3.8) is 0 Å². The standard InChI is InChI=1S/C15H22N2O6S/c1-22-11-9-16-14(18)8-10-17(24(3,20)21)13-6-4-12(5-7-13)15(19)23-2/h4-7H,8-11H2,1-3H3,(H,16,18). The number of sulfonamides is 1. The van der Waals surface area contributed by atoms with Crippen molar-refractivity contribution >= 4 is 27.6 Å². The number of nitrogens with one attached hydrogen (secondary N) is 1. The van der Waals surface area contributed by atoms with Crippen LogP contribution in [0, 0.1) is 0 Å². The molecule has 134 valence electrons. The zero-order valence-corrected chi connectivity index (χ0v) is 14.8. The minimum absolute atomic E-state index is 0.00474. The predicted molar refractivity (Wildman–Crippen MR) is 89.5 cm³/mol. The minimum Gasteiger partial charge on any atom is -0.465 e. The molecule has 9 heteroatoms. The summed E-state index contributed by atoms with van der Waals surface area (Å²) in [4.78, 5) is 23.1. The number of benzene rings is 1. The Morgan fingerprint density at radius 2 is 1.79 bits per heavy atom. The summed E-state index contributed by atoms with van der Waals surface area (Å²) in [7, 11) is -0.777. The molecule has 8 nitrogen and oxygen atoms in total. The number of carbonyl (C=O) groups is 2. The largest absolute Gasteiger partial charge is 0.465 e. The fourth-order valence-corrected chi connectivity index (χ4v) is 2.88. The Balaban J connectivity index is 2.80. The Morgan fingerprint density at radius 1 is 1.17 bits per heavy atom. The van der Waals surface area contributed by atoms with E-state index in [0.717, 1.165) is 10.6 Å². The maximum Gasteiger partial charge on any atom is 0.337 e. The number of ether oxygens (including phenoxy) is 2. The number of anilines is 1. The van der Waals surface area contributed by atoms with E-state index < -0.39 is 16.0 Å². The van der Waals surface area contributed by atoms with Crippen molar-refractivity contribution in [3.05, 3.63) is 29.8 Å². The van der Waals surface area contributed by atoms with Crippen LogP contribution < -0.4 is 9.62 Å². The molecule has 0 spiro atoms. The summed E-state index contributed by atoms with van der Waals surface area (Å²) in [6.45, 7) is 0.744. The molecule has 1 rings (SSSR count). The van der Waals surface area contributed by atoms with Gasteiger partial charge in [0, 0.05) is 26.6 Å². The quantitative estimate of drug-likeness (QED) is 0.506. The second-order valence-electron chi connectivity index (χ2n) is 4.97. The first kappa shape index (κ1) is 19.9. The molecule has 1 amide bonds. The van der Waals surface area contributed by atoms with Crippen molar-refractivity contribution < 1.29 is 27.5 Å². The van der Waals surface area contributed by atoms with Crippen LogP contribution in [-0.2, 0) is 24.3 Å². The molecule has 0 saturated heterocycles. The van der Waals surface area contributed by atoms with Gasteiger partial charge < -0.3 is 14.8 Å². The van der Waals surface area contributed by atoms with E-state index >= 15 is 0 Å². The second-order valence-corrected chi connectivity index (χ2v) is 6.87. The smallest absolute Gasteiger partial charge is 0.337 e. The molecule has 0 unspecified atom stereocenters. The van der Waals surface area contributed by atoms with Crippen LogP contribution in [0.1, 0.15) is 16.8 Å². The van der Waals surface area contributed by atoms with Crippen LogP contribution in [0.3, 0.4) is 0 Å². The lowest BCUT2D eigenvalue weighted by molar-refractivity contribution is -0.121. The molecule has 0 aromatic heterocycles. The molecule has 0 atom stereocenters. The van der Waals surface area contributed by atoms with Crippen molar-refractivity contribution in [2.45, 2.75) is 6.42 Å². The lowest BCUT2D eigenvalue weighted by Gasteiger charge is -2.22. The molecular weight excluding hydrogens is 336 g/mol. The number of esters is 1. The molecule has 0 aliphatic carbocycles. The van der Waals surface area contributed by atoms with Gasteiger partial charge >= 0.3 is 5.97 Å². The molecule has 0 bridgehead atoms. The fourth-order valence-electron chi connectivity index (χ4n) is 1.95. The normalized spacial score (nSPS) is 11.0. The molecule has 1 aromatic carbocycles. The van der Waals surface area contributed by atoms with E-state index in [1.165, 1.54) is 38.5 Å². The van der Waals surface area contributed by atoms with Crippen LogP contribution >= 0.6 is 0 Å². The maximum atomic E-state index is 12.0. The van der Waals surface area contributed by atoms with Gasteiger partial charge in [0.1, 0.15) is 0 Å². The summed E-state index contributed by atoms with van der Waals surface area (Å²) < 4.78 is 34.5. The first-order valence-electron chi connectivity index (χ1n) is 7.21. The van der Waals surface area contributed by atoms with Crippen LogP contribution in [-0.4, -0.2) is 60.5 Å². The molecule has 1 N–H and O–H groups in total. The molecule has 24 heavy (non-hydrogen) atoms. The molecule has 0 saturated carbocycles. The van der Waals surface area contributed by atoms with E-state index in [2.05, 4.69) is 10.1 Å². The highest BCUT2D eigenvalue weighted by Crippen LogP contribution is 2.19. The van der Waals surface area contributed by atoms with E-state index in [-0.39, 0.29) is 18.9 Å². The number of hydrogen-bond acceptors (Lipinski definition) is 6. The first-order chi connectivity index (χ1) is 11.3. The lowest BCUT2D eigenvalue weighted by atomic mass is 10.2. The Morgan fingerprint density at radius 3 is 2.29 bits per heavy atom. The number of carbonyl (C=O) groups excluding carboxylic acids is 2. The highest BCUT2D eigenvalue weighted by atomic mass is 32.2. The Labute approximate surface area is 141 Å². The van der Waals surface area contributed by atoms with Gasteiger partial charge in [0.05, 0.1) is 31.2 Å². The molecule has 0 aliphatic rings. The van der Waals surface area contributed by atoms with Crippen LogP contribution in [0.2, 0.25) is 0 Å². The van der Waals surface area contributed by atoms with Gasteiger partial charge in [-0.15, -0.1) is 0 Å². The van der Waals surface area contributed by atoms with Gasteiger partial charge in [-0.3, -0.25) is 9.10 Å². The monoisotopic (exact) mass is 358 g/mol. The SMILES string of the molecule is COCCNC(=O)CCN(c1ccc(C(=O)OC)cc1)S(C)(=O)=O. The summed E-state index contributed by atoms with van der Waals surface area (Å²) >= 11 is 0. The summed E-state index contributed by atoms with van der Waals surface area (Å²) in [6, 6.07) is 5.93. The van der Waals surface area contributed by atoms with Gasteiger partial charge in [-0.05, 0) is 24.3 Å². The van der Waals surface area contributed by atoms with Gasteiger partial charge in [0.15, 0.2) is 0 Å². The van der Waals surface area contributed by atoms with Crippen LogP contribution in [0.4, 0.5) is 5.69 Å². The van der Waals surface area contributed by atoms with Crippen molar-refractivity contribution in [2.24, 2.45) is 0 Å². The first-order valence-corrected chi connectivity index (χ1v) is 9.06. The summed E-state index contributed by atoms with van der Waals surface area (Å²) in [5, 5.41) is 2.63. The number of hydrogen-bond donors (Lipinski definition) is 1. The Bertz CT molecular complexity index is 657. The third-order valence-corrected chi connectivity index (χ3v) is 4.34. The molecule has 0 radical (unpaired) electrons. The van der Waals surface area contributed by atoms with Crippen LogP contribution in [0.5, 0.6) is 0 Å². The number of rotatable bonds is 9. The van der Waals surface area contributed by atoms with Crippen LogP contribution in [0.15, 0.2) is 24.3 Å². The molecule has 1 aromatic rings. The maximum absolute atomic E-state index is 12.0. The summed E-state index contributed by atoms with van der Waals surface area (Å²) in [5.41, 5.74) is 0.682. The van der Waals surface area contributed by atoms with Crippen molar-refractivity contribution in [2.75, 3.05) is 44.5 Å². The third-order valence-electron chi connectivity index (χ3n) is 3.15. The average Bonchev–Trinajstić information content (AvgIpc) is 2.54. The van der Waals surface area contributed by atoms with Crippen LogP contribution in [0.25, 0.3) is 0 Å². The number of amides is 1. The number of methoxy groups -OCH3 is 2.